The predicted molar refractivity (Wildman–Crippen MR) is 91.4 cm³/mol. The minimum absolute atomic E-state index is 0.0190. The van der Waals surface area contributed by atoms with Gasteiger partial charge < -0.3 is 20.4 Å². The summed E-state index contributed by atoms with van der Waals surface area (Å²) in [5.74, 6) is 0.915. The summed E-state index contributed by atoms with van der Waals surface area (Å²) < 4.78 is 7.71. The van der Waals surface area contributed by atoms with Crippen molar-refractivity contribution in [3.8, 4) is 0 Å². The number of nitrogens with zero attached hydrogens (tertiary/aromatic N) is 2. The lowest BCUT2D eigenvalue weighted by atomic mass is 10.2. The van der Waals surface area contributed by atoms with Crippen LogP contribution in [-0.2, 0) is 22.5 Å². The fourth-order valence-electron chi connectivity index (χ4n) is 2.98. The van der Waals surface area contributed by atoms with Crippen molar-refractivity contribution < 1.29 is 9.53 Å². The van der Waals surface area contributed by atoms with E-state index in [4.69, 9.17) is 10.5 Å². The molecule has 24 heavy (non-hydrogen) atoms. The van der Waals surface area contributed by atoms with Crippen LogP contribution in [0.5, 0.6) is 0 Å². The van der Waals surface area contributed by atoms with Crippen molar-refractivity contribution in [2.75, 3.05) is 13.1 Å². The van der Waals surface area contributed by atoms with Crippen LogP contribution in [0.2, 0.25) is 0 Å². The maximum absolute atomic E-state index is 12.1. The number of carbonyl (C=O) groups is 1. The van der Waals surface area contributed by atoms with E-state index in [0.717, 1.165) is 25.2 Å². The van der Waals surface area contributed by atoms with Gasteiger partial charge in [0, 0.05) is 38.4 Å². The molecular weight excluding hydrogens is 304 g/mol. The zero-order chi connectivity index (χ0) is 16.8. The fourth-order valence-corrected chi connectivity index (χ4v) is 2.98. The minimum atomic E-state index is -0.359. The molecule has 128 valence electrons. The first-order valence-corrected chi connectivity index (χ1v) is 8.43. The van der Waals surface area contributed by atoms with Gasteiger partial charge in [-0.2, -0.15) is 0 Å². The smallest absolute Gasteiger partial charge is 0.249 e. The van der Waals surface area contributed by atoms with Gasteiger partial charge in [0.05, 0.1) is 6.10 Å². The summed E-state index contributed by atoms with van der Waals surface area (Å²) in [6, 6.07) is 10.3. The maximum atomic E-state index is 12.1. The second-order valence-corrected chi connectivity index (χ2v) is 6.06. The molecule has 6 heteroatoms. The number of aromatic nitrogens is 2. The average Bonchev–Trinajstić information content (AvgIpc) is 3.25. The molecule has 2 heterocycles. The van der Waals surface area contributed by atoms with Gasteiger partial charge in [-0.05, 0) is 18.4 Å². The summed E-state index contributed by atoms with van der Waals surface area (Å²) >= 11 is 0. The molecule has 1 aliphatic rings. The third kappa shape index (κ3) is 4.21. The first kappa shape index (κ1) is 16.7. The van der Waals surface area contributed by atoms with Crippen LogP contribution in [0.3, 0.4) is 0 Å². The van der Waals surface area contributed by atoms with Gasteiger partial charge in [0.1, 0.15) is 11.9 Å². The molecule has 6 nitrogen and oxygen atoms in total. The van der Waals surface area contributed by atoms with Gasteiger partial charge in [-0.25, -0.2) is 4.98 Å². The van der Waals surface area contributed by atoms with Gasteiger partial charge in [-0.1, -0.05) is 30.3 Å². The zero-order valence-corrected chi connectivity index (χ0v) is 13.7. The number of hydrogen-bond donors (Lipinski definition) is 2. The van der Waals surface area contributed by atoms with Crippen LogP contribution in [0, 0.1) is 0 Å². The molecule has 0 saturated carbocycles. The molecule has 1 aromatic carbocycles. The van der Waals surface area contributed by atoms with Crippen LogP contribution >= 0.6 is 0 Å². The number of benzene rings is 1. The predicted octanol–water partition coefficient (Wildman–Crippen LogP) is 1.10. The highest BCUT2D eigenvalue weighted by atomic mass is 16.5. The van der Waals surface area contributed by atoms with Crippen molar-refractivity contribution in [3.63, 3.8) is 0 Å². The van der Waals surface area contributed by atoms with Crippen LogP contribution in [0.4, 0.5) is 0 Å². The minimum Gasteiger partial charge on any atom is -0.364 e. The lowest BCUT2D eigenvalue weighted by Crippen LogP contribution is -2.36. The van der Waals surface area contributed by atoms with Crippen molar-refractivity contribution in [3.05, 3.63) is 54.1 Å². The van der Waals surface area contributed by atoms with E-state index in [1.807, 2.05) is 24.4 Å². The lowest BCUT2D eigenvalue weighted by molar-refractivity contribution is -0.131. The number of rotatable bonds is 7. The summed E-state index contributed by atoms with van der Waals surface area (Å²) in [4.78, 5) is 16.5. The highest BCUT2D eigenvalue weighted by Crippen LogP contribution is 2.18. The first-order chi connectivity index (χ1) is 11.8. The molecule has 1 fully saturated rings. The number of imidazole rings is 1. The molecule has 2 aromatic rings. The van der Waals surface area contributed by atoms with E-state index in [1.54, 1.807) is 6.20 Å². The number of amides is 1. The third-order valence-corrected chi connectivity index (χ3v) is 4.31. The molecule has 1 aliphatic heterocycles. The third-order valence-electron chi connectivity index (χ3n) is 4.31. The first-order valence-electron chi connectivity index (χ1n) is 8.43. The average molecular weight is 328 g/mol. The molecule has 1 saturated heterocycles. The van der Waals surface area contributed by atoms with E-state index in [2.05, 4.69) is 27.0 Å². The van der Waals surface area contributed by atoms with Gasteiger partial charge >= 0.3 is 0 Å². The number of nitrogens with one attached hydrogen (secondary N) is 1. The van der Waals surface area contributed by atoms with E-state index in [0.29, 0.717) is 19.5 Å². The molecule has 0 aliphatic carbocycles. The zero-order valence-electron chi connectivity index (χ0n) is 13.7. The van der Waals surface area contributed by atoms with E-state index in [9.17, 15) is 4.79 Å². The molecule has 1 aromatic heterocycles. The topological polar surface area (TPSA) is 82.2 Å². The highest BCUT2D eigenvalue weighted by molar-refractivity contribution is 5.81. The Morgan fingerprint density at radius 1 is 1.33 bits per heavy atom. The largest absolute Gasteiger partial charge is 0.364 e. The normalized spacial score (nSPS) is 20.2. The van der Waals surface area contributed by atoms with Crippen LogP contribution in [0.25, 0.3) is 0 Å². The van der Waals surface area contributed by atoms with E-state index in [-0.39, 0.29) is 18.1 Å². The number of ether oxygens (including phenoxy) is 1. The summed E-state index contributed by atoms with van der Waals surface area (Å²) in [6.07, 6.45) is 5.72. The van der Waals surface area contributed by atoms with Crippen LogP contribution in [-0.4, -0.2) is 40.8 Å². The Morgan fingerprint density at radius 3 is 2.92 bits per heavy atom. The monoisotopic (exact) mass is 328 g/mol. The molecule has 2 atom stereocenters. The van der Waals surface area contributed by atoms with Crippen LogP contribution in [0.15, 0.2) is 42.7 Å². The molecule has 0 unspecified atom stereocenters. The van der Waals surface area contributed by atoms with Gasteiger partial charge in [0.2, 0.25) is 5.91 Å². The van der Waals surface area contributed by atoms with Crippen molar-refractivity contribution in [1.82, 2.24) is 14.9 Å². The summed E-state index contributed by atoms with van der Waals surface area (Å²) in [6.45, 7) is 1.81. The maximum Gasteiger partial charge on any atom is 0.249 e. The molecule has 0 spiro atoms. The van der Waals surface area contributed by atoms with Crippen molar-refractivity contribution in [2.24, 2.45) is 5.73 Å². The molecule has 0 radical (unpaired) electrons. The molecular formula is C18H24N4O2. The Bertz CT molecular complexity index is 656. The lowest BCUT2D eigenvalue weighted by Gasteiger charge is -2.13. The van der Waals surface area contributed by atoms with Gasteiger partial charge in [-0.15, -0.1) is 0 Å². The summed E-state index contributed by atoms with van der Waals surface area (Å²) in [5.41, 5.74) is 6.80. The van der Waals surface area contributed by atoms with E-state index in [1.165, 1.54) is 5.56 Å². The van der Waals surface area contributed by atoms with Gasteiger partial charge in [0.15, 0.2) is 0 Å². The number of hydrogen-bond acceptors (Lipinski definition) is 4. The Morgan fingerprint density at radius 2 is 2.17 bits per heavy atom. The standard InChI is InChI=1S/C18H24N4O2/c19-12-15-6-7-16(24-15)18(23)21-9-8-17-20-10-11-22(17)13-14-4-2-1-3-5-14/h1-5,10-11,15-16H,6-9,12-13,19H2,(H,21,23)/t15-,16+/m1/s1. The van der Waals surface area contributed by atoms with E-state index >= 15 is 0 Å². The summed E-state index contributed by atoms with van der Waals surface area (Å²) in [5, 5.41) is 2.94. The number of nitrogens with two attached hydrogens (primary N) is 1. The number of carbonyl (C=O) groups excluding carboxylic acids is 1. The molecule has 3 rings (SSSR count). The van der Waals surface area contributed by atoms with Crippen LogP contribution in [0.1, 0.15) is 24.2 Å². The highest BCUT2D eigenvalue weighted by Gasteiger charge is 2.29. The Balaban J connectivity index is 1.47. The fraction of sp³-hybridized carbons (Fsp3) is 0.444. The van der Waals surface area contributed by atoms with E-state index < -0.39 is 0 Å². The molecule has 1 amide bonds. The summed E-state index contributed by atoms with van der Waals surface area (Å²) in [7, 11) is 0. The second kappa shape index (κ2) is 8.08. The van der Waals surface area contributed by atoms with Gasteiger partial charge in [0.25, 0.3) is 0 Å². The molecule has 0 bridgehead atoms. The van der Waals surface area contributed by atoms with Gasteiger partial charge in [-0.3, -0.25) is 4.79 Å². The quantitative estimate of drug-likeness (QED) is 0.797. The van der Waals surface area contributed by atoms with Crippen molar-refractivity contribution >= 4 is 5.91 Å². The Labute approximate surface area is 142 Å². The second-order valence-electron chi connectivity index (χ2n) is 6.06. The molecule has 3 N–H and O–H groups in total. The van der Waals surface area contributed by atoms with Crippen molar-refractivity contribution in [2.45, 2.75) is 38.0 Å². The van der Waals surface area contributed by atoms with Crippen LogP contribution < -0.4 is 11.1 Å². The SMILES string of the molecule is NC[C@H]1CC[C@@H](C(=O)NCCc2nccn2Cc2ccccc2)O1. The van der Waals surface area contributed by atoms with Crippen molar-refractivity contribution in [1.29, 1.82) is 0 Å². The Hall–Kier alpha value is -2.18. The Kier molecular flexibility index (Phi) is 5.61.